The van der Waals surface area contributed by atoms with Gasteiger partial charge in [-0.3, -0.25) is 4.57 Å². The summed E-state index contributed by atoms with van der Waals surface area (Å²) < 4.78 is 2.36. The molecule has 3 heteroatoms. The zero-order chi connectivity index (χ0) is 45.0. The minimum absolute atomic E-state index is 0.515. The monoisotopic (exact) mass is 873 g/mol. The third kappa shape index (κ3) is 4.58. The summed E-state index contributed by atoms with van der Waals surface area (Å²) in [6.07, 6.45) is 0. The molecule has 0 saturated carbocycles. The van der Waals surface area contributed by atoms with Crippen molar-refractivity contribution >= 4 is 54.3 Å². The zero-order valence-electron chi connectivity index (χ0n) is 37.4. The molecule has 2 aromatic heterocycles. The van der Waals surface area contributed by atoms with Gasteiger partial charge in [-0.05, 0) is 119 Å². The molecular weight excluding hydrogens is 835 g/mol. The molecule has 16 rings (SSSR count). The lowest BCUT2D eigenvalue weighted by molar-refractivity contribution is 0.633. The summed E-state index contributed by atoms with van der Waals surface area (Å²) in [5, 5.41) is 8.22. The molecule has 0 saturated heterocycles. The van der Waals surface area contributed by atoms with Gasteiger partial charge in [0.25, 0.3) is 0 Å². The Balaban J connectivity index is 1.05. The van der Waals surface area contributed by atoms with E-state index in [9.17, 15) is 0 Å². The maximum Gasteiger partial charge on any atom is 0.235 e. The lowest BCUT2D eigenvalue weighted by atomic mass is 9.52. The quantitative estimate of drug-likeness (QED) is 0.173. The Morgan fingerprint density at radius 2 is 0.797 bits per heavy atom. The highest BCUT2D eigenvalue weighted by Crippen LogP contribution is 2.67. The maximum atomic E-state index is 5.65. The van der Waals surface area contributed by atoms with Crippen molar-refractivity contribution in [3.05, 3.63) is 281 Å². The van der Waals surface area contributed by atoms with Gasteiger partial charge >= 0.3 is 0 Å². The molecule has 0 amide bonds. The summed E-state index contributed by atoms with van der Waals surface area (Å²) in [6.45, 7) is 0. The molecule has 0 fully saturated rings. The highest BCUT2D eigenvalue weighted by Gasteiger charge is 2.59. The second kappa shape index (κ2) is 13.4. The van der Waals surface area contributed by atoms with Gasteiger partial charge in [-0.15, -0.1) is 0 Å². The Morgan fingerprint density at radius 1 is 0.304 bits per heavy atom. The van der Waals surface area contributed by atoms with Gasteiger partial charge in [-0.2, -0.15) is 0 Å². The van der Waals surface area contributed by atoms with Gasteiger partial charge in [-0.1, -0.05) is 206 Å². The van der Waals surface area contributed by atoms with Crippen molar-refractivity contribution in [1.82, 2.24) is 14.5 Å². The fourth-order valence-corrected chi connectivity index (χ4v) is 13.5. The van der Waals surface area contributed by atoms with Crippen LogP contribution in [0.3, 0.4) is 0 Å². The Labute approximate surface area is 398 Å². The smallest absolute Gasteiger partial charge is 0.235 e. The van der Waals surface area contributed by atoms with Gasteiger partial charge in [-0.25, -0.2) is 9.97 Å². The van der Waals surface area contributed by atoms with Crippen molar-refractivity contribution in [3.8, 4) is 39.5 Å². The average Bonchev–Trinajstić information content (AvgIpc) is 4.02. The van der Waals surface area contributed by atoms with E-state index < -0.39 is 10.8 Å². The largest absolute Gasteiger partial charge is 0.278 e. The Kier molecular flexibility index (Phi) is 7.21. The van der Waals surface area contributed by atoms with Crippen molar-refractivity contribution in [2.75, 3.05) is 0 Å². The summed E-state index contributed by atoms with van der Waals surface area (Å²) in [5.74, 6) is 0.652. The Morgan fingerprint density at radius 3 is 1.45 bits per heavy atom. The molecule has 0 aliphatic heterocycles. The van der Waals surface area contributed by atoms with Crippen LogP contribution in [0.2, 0.25) is 0 Å². The zero-order valence-corrected chi connectivity index (χ0v) is 37.4. The van der Waals surface area contributed by atoms with Crippen molar-refractivity contribution in [2.24, 2.45) is 0 Å². The molecule has 0 unspecified atom stereocenters. The second-order valence-electron chi connectivity index (χ2n) is 19.1. The molecule has 318 valence electrons. The van der Waals surface area contributed by atoms with Crippen LogP contribution in [0.25, 0.3) is 93.7 Å². The van der Waals surface area contributed by atoms with Crippen molar-refractivity contribution in [3.63, 3.8) is 0 Å². The number of para-hydroxylation sites is 1. The van der Waals surface area contributed by atoms with Crippen molar-refractivity contribution in [2.45, 2.75) is 10.8 Å². The Bertz CT molecular complexity index is 4310. The van der Waals surface area contributed by atoms with Crippen LogP contribution >= 0.6 is 0 Å². The molecule has 13 aromatic rings. The first-order valence-corrected chi connectivity index (χ1v) is 24.0. The highest BCUT2D eigenvalue weighted by atomic mass is 15.2. The van der Waals surface area contributed by atoms with Gasteiger partial charge in [0.05, 0.1) is 33.1 Å². The fraction of sp³-hybridized carbons (Fsp3) is 0.0303. The number of benzene rings is 11. The van der Waals surface area contributed by atoms with Crippen molar-refractivity contribution in [1.29, 1.82) is 0 Å². The minimum atomic E-state index is -0.644. The summed E-state index contributed by atoms with van der Waals surface area (Å²) in [5.41, 5.74) is 19.6. The van der Waals surface area contributed by atoms with E-state index in [2.05, 4.69) is 241 Å². The summed E-state index contributed by atoms with van der Waals surface area (Å²) >= 11 is 0. The average molecular weight is 874 g/mol. The molecule has 11 aromatic carbocycles. The molecule has 2 heterocycles. The SMILES string of the molecule is c1ccc2c(c1)-c1ccccc1C21c2ccccc2C2(c3ccccc3-c3cc4c5c6ccccc6ccc5n(-c5nc(-c6ccc7ccccc7c6)c6ccccc6n5)c4cc32)c2ccccc21. The van der Waals surface area contributed by atoms with E-state index in [1.807, 2.05) is 0 Å². The summed E-state index contributed by atoms with van der Waals surface area (Å²) in [4.78, 5) is 11.2. The van der Waals surface area contributed by atoms with E-state index in [1.54, 1.807) is 0 Å². The van der Waals surface area contributed by atoms with Crippen LogP contribution < -0.4 is 0 Å². The number of hydrogen-bond donors (Lipinski definition) is 0. The van der Waals surface area contributed by atoms with Gasteiger partial charge in [0.1, 0.15) is 0 Å². The standard InChI is InChI=1S/C66H39N3/c1-2-19-42-37-43(34-33-40(42)17-1)63-48-24-8-16-32-59(48)67-64(68-63)69-60-36-35-41-18-3-4-20-44(41)62(60)50-38-49-47-23-7-11-27-53(47)66(58(49)39-61(50)69)56-30-14-12-28-54(56)65(55-29-13-15-31-57(55)66)51-25-9-5-21-45(51)46-22-6-10-26-52(46)65/h1-39H. The molecule has 0 atom stereocenters. The molecule has 69 heavy (non-hydrogen) atoms. The molecule has 0 N–H and O–H groups in total. The van der Waals surface area contributed by atoms with E-state index in [4.69, 9.17) is 9.97 Å². The van der Waals surface area contributed by atoms with E-state index in [0.717, 1.165) is 33.2 Å². The van der Waals surface area contributed by atoms with Crippen LogP contribution in [0.5, 0.6) is 0 Å². The first-order valence-electron chi connectivity index (χ1n) is 24.0. The summed E-state index contributed by atoms with van der Waals surface area (Å²) in [7, 11) is 0. The van der Waals surface area contributed by atoms with E-state index in [-0.39, 0.29) is 0 Å². The predicted molar refractivity (Wildman–Crippen MR) is 282 cm³/mol. The first kappa shape index (κ1) is 37.2. The van der Waals surface area contributed by atoms with Crippen LogP contribution in [-0.2, 0) is 10.8 Å². The topological polar surface area (TPSA) is 30.7 Å². The van der Waals surface area contributed by atoms with Gasteiger partial charge in [0.2, 0.25) is 5.95 Å². The highest BCUT2D eigenvalue weighted by molar-refractivity contribution is 6.22. The molecule has 0 bridgehead atoms. The maximum absolute atomic E-state index is 5.65. The first-order chi connectivity index (χ1) is 34.2. The minimum Gasteiger partial charge on any atom is -0.278 e. The fourth-order valence-electron chi connectivity index (χ4n) is 13.5. The summed E-state index contributed by atoms with van der Waals surface area (Å²) in [6, 6.07) is 88.2. The number of rotatable bonds is 2. The molecular formula is C66H39N3. The van der Waals surface area contributed by atoms with E-state index in [0.29, 0.717) is 5.95 Å². The van der Waals surface area contributed by atoms with Gasteiger partial charge < -0.3 is 0 Å². The predicted octanol–water partition coefficient (Wildman–Crippen LogP) is 15.7. The number of fused-ring (bicyclic) bond motifs is 23. The normalized spacial score (nSPS) is 14.3. The molecule has 3 aliphatic rings. The van der Waals surface area contributed by atoms with Crippen LogP contribution in [0, 0.1) is 0 Å². The molecule has 0 radical (unpaired) electrons. The van der Waals surface area contributed by atoms with E-state index >= 15 is 0 Å². The number of aromatic nitrogens is 3. The van der Waals surface area contributed by atoms with Gasteiger partial charge in [0, 0.05) is 21.7 Å². The van der Waals surface area contributed by atoms with Crippen LogP contribution in [0.15, 0.2) is 237 Å². The lowest BCUT2D eigenvalue weighted by Crippen LogP contribution is -2.43. The van der Waals surface area contributed by atoms with Crippen molar-refractivity contribution < 1.29 is 0 Å². The van der Waals surface area contributed by atoms with Gasteiger partial charge in [0.15, 0.2) is 0 Å². The third-order valence-electron chi connectivity index (χ3n) is 16.1. The molecule has 2 spiro atoms. The van der Waals surface area contributed by atoms with E-state index in [1.165, 1.54) is 99.1 Å². The van der Waals surface area contributed by atoms with Crippen LogP contribution in [-0.4, -0.2) is 14.5 Å². The molecule has 3 aliphatic carbocycles. The third-order valence-corrected chi connectivity index (χ3v) is 16.1. The van der Waals surface area contributed by atoms with Crippen LogP contribution in [0.4, 0.5) is 0 Å². The lowest BCUT2D eigenvalue weighted by Gasteiger charge is -2.48. The molecule has 3 nitrogen and oxygen atoms in total. The Hall–Kier alpha value is -8.92. The van der Waals surface area contributed by atoms with Crippen LogP contribution in [0.1, 0.15) is 44.5 Å². The number of nitrogens with zero attached hydrogens (tertiary/aromatic N) is 3. The number of hydrogen-bond acceptors (Lipinski definition) is 2. The second-order valence-corrected chi connectivity index (χ2v) is 19.1.